The van der Waals surface area contributed by atoms with Crippen LogP contribution < -0.4 is 4.31 Å². The zero-order chi connectivity index (χ0) is 12.6. The van der Waals surface area contributed by atoms with Crippen molar-refractivity contribution in [3.63, 3.8) is 0 Å². The van der Waals surface area contributed by atoms with Crippen molar-refractivity contribution in [1.29, 1.82) is 0 Å². The fourth-order valence-corrected chi connectivity index (χ4v) is 3.17. The number of alkyl halides is 1. The van der Waals surface area contributed by atoms with Crippen LogP contribution in [0, 0.1) is 0 Å². The molecule has 0 saturated heterocycles. The third kappa shape index (κ3) is 2.41. The molecule has 1 heterocycles. The molecule has 0 amide bonds. The molecule has 0 spiro atoms. The Hall–Kier alpha value is -0.780. The summed E-state index contributed by atoms with van der Waals surface area (Å²) in [6, 6.07) is 5.28. The Morgan fingerprint density at radius 3 is 2.82 bits per heavy atom. The molecule has 0 saturated carbocycles. The predicted octanol–water partition coefficient (Wildman–Crippen LogP) is 1.28. The molecule has 0 bridgehead atoms. The fourth-order valence-electron chi connectivity index (χ4n) is 2.03. The summed E-state index contributed by atoms with van der Waals surface area (Å²) in [5.41, 5.74) is 2.38. The highest BCUT2D eigenvalue weighted by atomic mass is 35.5. The monoisotopic (exact) mass is 275 g/mol. The number of aliphatic hydroxyl groups is 1. The topological polar surface area (TPSA) is 57.6 Å². The van der Waals surface area contributed by atoms with Crippen LogP contribution in [-0.4, -0.2) is 32.2 Å². The van der Waals surface area contributed by atoms with Gasteiger partial charge in [-0.2, -0.15) is 0 Å². The van der Waals surface area contributed by atoms with Gasteiger partial charge < -0.3 is 5.11 Å². The lowest BCUT2D eigenvalue weighted by atomic mass is 10.1. The van der Waals surface area contributed by atoms with Crippen LogP contribution in [0.2, 0.25) is 0 Å². The smallest absolute Gasteiger partial charge is 0.232 e. The number of sulfonamides is 1. The lowest BCUT2D eigenvalue weighted by Crippen LogP contribution is -2.27. The molecule has 1 aromatic rings. The first-order valence-corrected chi connectivity index (χ1v) is 7.66. The second-order valence-electron chi connectivity index (χ2n) is 4.14. The van der Waals surface area contributed by atoms with Gasteiger partial charge in [0.2, 0.25) is 10.0 Å². The molecule has 0 aromatic heterocycles. The van der Waals surface area contributed by atoms with Crippen molar-refractivity contribution < 1.29 is 13.5 Å². The summed E-state index contributed by atoms with van der Waals surface area (Å²) in [5.74, 6) is 0.134. The number of rotatable bonds is 3. The fraction of sp³-hybridized carbons (Fsp3) is 0.455. The van der Waals surface area contributed by atoms with Crippen molar-refractivity contribution in [2.45, 2.75) is 12.5 Å². The third-order valence-electron chi connectivity index (χ3n) is 2.89. The van der Waals surface area contributed by atoms with Crippen LogP contribution in [0.3, 0.4) is 0 Å². The second-order valence-corrected chi connectivity index (χ2v) is 6.36. The minimum atomic E-state index is -3.21. The van der Waals surface area contributed by atoms with Gasteiger partial charge in [-0.05, 0) is 23.6 Å². The van der Waals surface area contributed by atoms with E-state index in [1.54, 1.807) is 12.1 Å². The Bertz CT molecular complexity index is 530. The number of halogens is 1. The Labute approximate surface area is 106 Å². The SMILES string of the molecule is CS(=O)(=O)N1CCc2cc([C@H](O)CCl)ccc21. The van der Waals surface area contributed by atoms with Crippen LogP contribution >= 0.6 is 11.6 Å². The molecule has 1 aliphatic heterocycles. The maximum Gasteiger partial charge on any atom is 0.232 e. The van der Waals surface area contributed by atoms with Crippen LogP contribution in [0.1, 0.15) is 17.2 Å². The minimum Gasteiger partial charge on any atom is -0.387 e. The first-order chi connectivity index (χ1) is 7.93. The molecular formula is C11H14ClNO3S. The molecule has 1 atom stereocenters. The Morgan fingerprint density at radius 1 is 1.53 bits per heavy atom. The molecular weight excluding hydrogens is 262 g/mol. The molecule has 1 N–H and O–H groups in total. The summed E-state index contributed by atoms with van der Waals surface area (Å²) in [6.07, 6.45) is 1.17. The van der Waals surface area contributed by atoms with E-state index in [0.717, 1.165) is 11.1 Å². The first-order valence-electron chi connectivity index (χ1n) is 5.28. The van der Waals surface area contributed by atoms with Crippen molar-refractivity contribution in [1.82, 2.24) is 0 Å². The minimum absolute atomic E-state index is 0.134. The Morgan fingerprint density at radius 2 is 2.24 bits per heavy atom. The van der Waals surface area contributed by atoms with Gasteiger partial charge in [-0.25, -0.2) is 8.42 Å². The number of hydrogen-bond donors (Lipinski definition) is 1. The molecule has 1 aliphatic rings. The Kier molecular flexibility index (Phi) is 3.34. The summed E-state index contributed by atoms with van der Waals surface area (Å²) in [4.78, 5) is 0. The van der Waals surface area contributed by atoms with Gasteiger partial charge in [-0.1, -0.05) is 12.1 Å². The van der Waals surface area contributed by atoms with Crippen LogP contribution in [0.15, 0.2) is 18.2 Å². The summed E-state index contributed by atoms with van der Waals surface area (Å²) in [5, 5.41) is 9.62. The van der Waals surface area contributed by atoms with E-state index < -0.39 is 16.1 Å². The van der Waals surface area contributed by atoms with Crippen LogP contribution in [0.4, 0.5) is 5.69 Å². The molecule has 6 heteroatoms. The number of aliphatic hydroxyl groups excluding tert-OH is 1. The van der Waals surface area contributed by atoms with E-state index in [9.17, 15) is 13.5 Å². The van der Waals surface area contributed by atoms with Gasteiger partial charge in [0.15, 0.2) is 0 Å². The van der Waals surface area contributed by atoms with E-state index in [1.165, 1.54) is 10.6 Å². The maximum atomic E-state index is 11.5. The second kappa shape index (κ2) is 4.48. The predicted molar refractivity (Wildman–Crippen MR) is 68.0 cm³/mol. The number of benzene rings is 1. The van der Waals surface area contributed by atoms with E-state index >= 15 is 0 Å². The standard InChI is InChI=1S/C11H14ClNO3S/c1-17(15,16)13-5-4-8-6-9(11(14)7-12)2-3-10(8)13/h2-3,6,11,14H,4-5,7H2,1H3/t11-/m1/s1. The van der Waals surface area contributed by atoms with E-state index in [0.29, 0.717) is 18.7 Å². The largest absolute Gasteiger partial charge is 0.387 e. The van der Waals surface area contributed by atoms with Gasteiger partial charge in [0, 0.05) is 6.54 Å². The average Bonchev–Trinajstić information content (AvgIpc) is 2.70. The summed E-state index contributed by atoms with van der Waals surface area (Å²) >= 11 is 5.58. The van der Waals surface area contributed by atoms with Gasteiger partial charge >= 0.3 is 0 Å². The number of anilines is 1. The van der Waals surface area contributed by atoms with Crippen LogP contribution in [0.25, 0.3) is 0 Å². The summed E-state index contributed by atoms with van der Waals surface area (Å²) in [7, 11) is -3.21. The third-order valence-corrected chi connectivity index (χ3v) is 4.36. The number of hydrogen-bond acceptors (Lipinski definition) is 3. The van der Waals surface area contributed by atoms with E-state index in [-0.39, 0.29) is 5.88 Å². The summed E-state index contributed by atoms with van der Waals surface area (Å²) in [6.45, 7) is 0.467. The molecule has 0 fully saturated rings. The highest BCUT2D eigenvalue weighted by Gasteiger charge is 2.26. The average molecular weight is 276 g/mol. The van der Waals surface area contributed by atoms with Gasteiger partial charge in [-0.15, -0.1) is 11.6 Å². The lowest BCUT2D eigenvalue weighted by molar-refractivity contribution is 0.202. The lowest BCUT2D eigenvalue weighted by Gasteiger charge is -2.17. The highest BCUT2D eigenvalue weighted by molar-refractivity contribution is 7.92. The molecule has 0 radical (unpaired) electrons. The molecule has 4 nitrogen and oxygen atoms in total. The van der Waals surface area contributed by atoms with E-state index in [1.807, 2.05) is 6.07 Å². The zero-order valence-electron chi connectivity index (χ0n) is 9.43. The quantitative estimate of drug-likeness (QED) is 0.846. The highest BCUT2D eigenvalue weighted by Crippen LogP contribution is 2.32. The molecule has 0 unspecified atom stereocenters. The molecule has 0 aliphatic carbocycles. The number of nitrogens with zero attached hydrogens (tertiary/aromatic N) is 1. The van der Waals surface area contributed by atoms with Gasteiger partial charge in [0.05, 0.1) is 23.9 Å². The summed E-state index contributed by atoms with van der Waals surface area (Å²) < 4.78 is 24.4. The normalized spacial score (nSPS) is 17.0. The zero-order valence-corrected chi connectivity index (χ0v) is 11.0. The Balaban J connectivity index is 2.39. The molecule has 2 rings (SSSR count). The van der Waals surface area contributed by atoms with Crippen molar-refractivity contribution >= 4 is 27.3 Å². The number of fused-ring (bicyclic) bond motifs is 1. The van der Waals surface area contributed by atoms with Crippen molar-refractivity contribution in [2.24, 2.45) is 0 Å². The molecule has 17 heavy (non-hydrogen) atoms. The van der Waals surface area contributed by atoms with Crippen molar-refractivity contribution in [3.05, 3.63) is 29.3 Å². The van der Waals surface area contributed by atoms with E-state index in [2.05, 4.69) is 0 Å². The van der Waals surface area contributed by atoms with Crippen molar-refractivity contribution in [3.8, 4) is 0 Å². The molecule has 94 valence electrons. The van der Waals surface area contributed by atoms with Crippen LogP contribution in [-0.2, 0) is 16.4 Å². The van der Waals surface area contributed by atoms with Crippen LogP contribution in [0.5, 0.6) is 0 Å². The molecule has 1 aromatic carbocycles. The van der Waals surface area contributed by atoms with Gasteiger partial charge in [0.25, 0.3) is 0 Å². The van der Waals surface area contributed by atoms with E-state index in [4.69, 9.17) is 11.6 Å². The van der Waals surface area contributed by atoms with Crippen molar-refractivity contribution in [2.75, 3.05) is 23.0 Å². The van der Waals surface area contributed by atoms with Gasteiger partial charge in [0.1, 0.15) is 0 Å². The first kappa shape index (κ1) is 12.7. The van der Waals surface area contributed by atoms with Gasteiger partial charge in [-0.3, -0.25) is 4.31 Å². The maximum absolute atomic E-state index is 11.5.